The van der Waals surface area contributed by atoms with Crippen molar-refractivity contribution in [3.05, 3.63) is 48.2 Å². The van der Waals surface area contributed by atoms with Crippen LogP contribution < -0.4 is 11.1 Å². The molecule has 0 saturated carbocycles. The van der Waals surface area contributed by atoms with Crippen LogP contribution in [-0.4, -0.2) is 15.9 Å². The van der Waals surface area contributed by atoms with Crippen molar-refractivity contribution in [3.8, 4) is 0 Å². The molecule has 0 bridgehead atoms. The summed E-state index contributed by atoms with van der Waals surface area (Å²) in [6, 6.07) is 5.86. The molecular formula is C11H9FN4O. The lowest BCUT2D eigenvalue weighted by Crippen LogP contribution is -2.15. The molecule has 0 fully saturated rings. The standard InChI is InChI=1S/C11H9FN4O/c12-7-3-1-2-4-8(7)16-11(17)9-5-15-10(13)6-14-9/h1-6H,(H2,13,15)(H,16,17). The van der Waals surface area contributed by atoms with E-state index < -0.39 is 11.7 Å². The van der Waals surface area contributed by atoms with Gasteiger partial charge in [-0.2, -0.15) is 0 Å². The maximum atomic E-state index is 13.3. The van der Waals surface area contributed by atoms with Gasteiger partial charge in [-0.1, -0.05) is 12.1 Å². The molecule has 6 heteroatoms. The molecule has 0 unspecified atom stereocenters. The molecular weight excluding hydrogens is 223 g/mol. The first-order chi connectivity index (χ1) is 8.16. The van der Waals surface area contributed by atoms with E-state index in [0.29, 0.717) is 0 Å². The number of anilines is 2. The summed E-state index contributed by atoms with van der Waals surface area (Å²) in [7, 11) is 0. The van der Waals surface area contributed by atoms with Crippen molar-refractivity contribution in [2.24, 2.45) is 0 Å². The largest absolute Gasteiger partial charge is 0.382 e. The molecule has 0 radical (unpaired) electrons. The third-order valence-corrected chi connectivity index (χ3v) is 2.03. The topological polar surface area (TPSA) is 80.9 Å². The van der Waals surface area contributed by atoms with E-state index >= 15 is 0 Å². The summed E-state index contributed by atoms with van der Waals surface area (Å²) in [5.41, 5.74) is 5.50. The molecule has 1 heterocycles. The van der Waals surface area contributed by atoms with Crippen molar-refractivity contribution >= 4 is 17.4 Å². The van der Waals surface area contributed by atoms with Crippen molar-refractivity contribution < 1.29 is 9.18 Å². The molecule has 0 saturated heterocycles. The number of nitrogens with two attached hydrogens (primary N) is 1. The van der Waals surface area contributed by atoms with E-state index in [1.807, 2.05) is 0 Å². The second-order valence-corrected chi connectivity index (χ2v) is 3.26. The first-order valence-corrected chi connectivity index (χ1v) is 4.80. The Labute approximate surface area is 96.5 Å². The summed E-state index contributed by atoms with van der Waals surface area (Å²) in [5.74, 6) is -0.834. The van der Waals surface area contributed by atoms with Gasteiger partial charge in [-0.05, 0) is 12.1 Å². The quantitative estimate of drug-likeness (QED) is 0.821. The molecule has 0 aliphatic rings. The van der Waals surface area contributed by atoms with E-state index in [-0.39, 0.29) is 17.2 Å². The van der Waals surface area contributed by atoms with Gasteiger partial charge in [-0.25, -0.2) is 14.4 Å². The maximum Gasteiger partial charge on any atom is 0.275 e. The second-order valence-electron chi connectivity index (χ2n) is 3.26. The van der Waals surface area contributed by atoms with Gasteiger partial charge in [0.05, 0.1) is 18.1 Å². The number of benzene rings is 1. The van der Waals surface area contributed by atoms with E-state index in [9.17, 15) is 9.18 Å². The first-order valence-electron chi connectivity index (χ1n) is 4.80. The maximum absolute atomic E-state index is 13.3. The molecule has 5 nitrogen and oxygen atoms in total. The van der Waals surface area contributed by atoms with Gasteiger partial charge in [-0.15, -0.1) is 0 Å². The Morgan fingerprint density at radius 2 is 2.00 bits per heavy atom. The Hall–Kier alpha value is -2.50. The van der Waals surface area contributed by atoms with Crippen LogP contribution in [0.25, 0.3) is 0 Å². The highest BCUT2D eigenvalue weighted by molar-refractivity contribution is 6.02. The minimum absolute atomic E-state index is 0.0717. The summed E-state index contributed by atoms with van der Waals surface area (Å²) in [6.45, 7) is 0. The average Bonchev–Trinajstić information content (AvgIpc) is 2.33. The number of nitrogens with zero attached hydrogens (tertiary/aromatic N) is 2. The SMILES string of the molecule is Nc1cnc(C(=O)Nc2ccccc2F)cn1. The van der Waals surface area contributed by atoms with Gasteiger partial charge in [0, 0.05) is 0 Å². The summed E-state index contributed by atoms with van der Waals surface area (Å²) >= 11 is 0. The van der Waals surface area contributed by atoms with Gasteiger partial charge in [0.2, 0.25) is 0 Å². The van der Waals surface area contributed by atoms with E-state index in [1.165, 1.54) is 30.6 Å². The van der Waals surface area contributed by atoms with Crippen molar-refractivity contribution in [2.75, 3.05) is 11.1 Å². The van der Waals surface area contributed by atoms with Gasteiger partial charge in [0.1, 0.15) is 17.3 Å². The Kier molecular flexibility index (Phi) is 2.95. The highest BCUT2D eigenvalue weighted by Crippen LogP contribution is 2.13. The Morgan fingerprint density at radius 3 is 2.65 bits per heavy atom. The normalized spacial score (nSPS) is 9.94. The van der Waals surface area contributed by atoms with Crippen LogP contribution in [0.1, 0.15) is 10.5 Å². The smallest absolute Gasteiger partial charge is 0.275 e. The number of para-hydroxylation sites is 1. The van der Waals surface area contributed by atoms with E-state index in [2.05, 4.69) is 15.3 Å². The summed E-state index contributed by atoms with van der Waals surface area (Å²) in [4.78, 5) is 19.2. The molecule has 1 aromatic heterocycles. The van der Waals surface area contributed by atoms with Crippen molar-refractivity contribution in [1.82, 2.24) is 9.97 Å². The number of halogens is 1. The van der Waals surface area contributed by atoms with Crippen molar-refractivity contribution in [2.45, 2.75) is 0 Å². The molecule has 0 spiro atoms. The Bertz CT molecular complexity index is 541. The monoisotopic (exact) mass is 232 g/mol. The highest BCUT2D eigenvalue weighted by Gasteiger charge is 2.10. The lowest BCUT2D eigenvalue weighted by Gasteiger charge is -2.05. The predicted octanol–water partition coefficient (Wildman–Crippen LogP) is 1.45. The zero-order chi connectivity index (χ0) is 12.3. The molecule has 17 heavy (non-hydrogen) atoms. The zero-order valence-electron chi connectivity index (χ0n) is 8.72. The number of nitrogens with one attached hydrogen (secondary N) is 1. The van der Waals surface area contributed by atoms with Crippen LogP contribution in [0.5, 0.6) is 0 Å². The van der Waals surface area contributed by atoms with Crippen LogP contribution >= 0.6 is 0 Å². The number of amides is 1. The second kappa shape index (κ2) is 4.56. The number of aromatic nitrogens is 2. The van der Waals surface area contributed by atoms with E-state index in [0.717, 1.165) is 0 Å². The third kappa shape index (κ3) is 2.54. The molecule has 0 atom stereocenters. The van der Waals surface area contributed by atoms with Gasteiger partial charge in [0.15, 0.2) is 0 Å². The fourth-order valence-electron chi connectivity index (χ4n) is 1.20. The highest BCUT2D eigenvalue weighted by atomic mass is 19.1. The van der Waals surface area contributed by atoms with Crippen LogP contribution in [0, 0.1) is 5.82 Å². The van der Waals surface area contributed by atoms with E-state index in [4.69, 9.17) is 5.73 Å². The van der Waals surface area contributed by atoms with Crippen LogP contribution in [-0.2, 0) is 0 Å². The molecule has 2 aromatic rings. The Balaban J connectivity index is 2.17. The Morgan fingerprint density at radius 1 is 1.24 bits per heavy atom. The summed E-state index contributed by atoms with van der Waals surface area (Å²) < 4.78 is 13.3. The number of carbonyl (C=O) groups is 1. The predicted molar refractivity (Wildman–Crippen MR) is 60.8 cm³/mol. The van der Waals surface area contributed by atoms with Crippen LogP contribution in [0.15, 0.2) is 36.7 Å². The van der Waals surface area contributed by atoms with Gasteiger partial charge in [-0.3, -0.25) is 4.79 Å². The molecule has 0 aliphatic carbocycles. The number of carbonyl (C=O) groups excluding carboxylic acids is 1. The third-order valence-electron chi connectivity index (χ3n) is 2.03. The number of rotatable bonds is 2. The summed E-state index contributed by atoms with van der Waals surface area (Å²) in [6.07, 6.45) is 2.49. The molecule has 0 aliphatic heterocycles. The van der Waals surface area contributed by atoms with Crippen LogP contribution in [0.2, 0.25) is 0 Å². The van der Waals surface area contributed by atoms with Crippen molar-refractivity contribution in [1.29, 1.82) is 0 Å². The van der Waals surface area contributed by atoms with Gasteiger partial charge < -0.3 is 11.1 Å². The van der Waals surface area contributed by atoms with Gasteiger partial charge >= 0.3 is 0 Å². The minimum atomic E-state index is -0.539. The molecule has 1 aromatic carbocycles. The zero-order valence-corrected chi connectivity index (χ0v) is 8.72. The van der Waals surface area contributed by atoms with Gasteiger partial charge in [0.25, 0.3) is 5.91 Å². The number of hydrogen-bond donors (Lipinski definition) is 2. The fourth-order valence-corrected chi connectivity index (χ4v) is 1.20. The number of hydrogen-bond acceptors (Lipinski definition) is 4. The molecule has 2 rings (SSSR count). The molecule has 3 N–H and O–H groups in total. The first kappa shape index (κ1) is 11.0. The lowest BCUT2D eigenvalue weighted by atomic mass is 10.3. The average molecular weight is 232 g/mol. The molecule has 86 valence electrons. The van der Waals surface area contributed by atoms with Crippen LogP contribution in [0.3, 0.4) is 0 Å². The minimum Gasteiger partial charge on any atom is -0.382 e. The van der Waals surface area contributed by atoms with E-state index in [1.54, 1.807) is 6.07 Å². The number of nitrogen functional groups attached to an aromatic ring is 1. The van der Waals surface area contributed by atoms with Crippen LogP contribution in [0.4, 0.5) is 15.9 Å². The van der Waals surface area contributed by atoms with Crippen molar-refractivity contribution in [3.63, 3.8) is 0 Å². The summed E-state index contributed by atoms with van der Waals surface area (Å²) in [5, 5.41) is 2.39. The lowest BCUT2D eigenvalue weighted by molar-refractivity contribution is 0.102. The fraction of sp³-hybridized carbons (Fsp3) is 0. The molecule has 1 amide bonds.